The number of non-ortho nitro benzene ring substituents is 1. The molecular weight excluding hydrogens is 506 g/mol. The van der Waals surface area contributed by atoms with E-state index in [0.29, 0.717) is 18.0 Å². The number of aromatic hydroxyl groups is 1. The molecule has 2 N–H and O–H groups in total. The lowest BCUT2D eigenvalue weighted by Gasteiger charge is -2.24. The van der Waals surface area contributed by atoms with Crippen LogP contribution in [0.25, 0.3) is 26.6 Å². The molecule has 1 fully saturated rings. The van der Waals surface area contributed by atoms with E-state index < -0.39 is 0 Å². The molecule has 1 aliphatic carbocycles. The first-order valence-corrected chi connectivity index (χ1v) is 14.3. The van der Waals surface area contributed by atoms with Crippen molar-refractivity contribution in [3.8, 4) is 16.2 Å². The Bertz CT molecular complexity index is 1590. The highest BCUT2D eigenvalue weighted by Crippen LogP contribution is 2.60. The van der Waals surface area contributed by atoms with Gasteiger partial charge in [-0.25, -0.2) is 0 Å². The summed E-state index contributed by atoms with van der Waals surface area (Å²) in [5.41, 5.74) is 6.10. The Balaban J connectivity index is 1.26. The monoisotopic (exact) mass is 537 g/mol. The lowest BCUT2D eigenvalue weighted by molar-refractivity contribution is -0.384. The number of fused-ring (bicyclic) bond motifs is 1. The number of benzene rings is 3. The van der Waals surface area contributed by atoms with E-state index in [4.69, 9.17) is 0 Å². The first-order valence-electron chi connectivity index (χ1n) is 13.4. The van der Waals surface area contributed by atoms with Gasteiger partial charge in [0.1, 0.15) is 5.75 Å². The van der Waals surface area contributed by atoms with E-state index in [-0.39, 0.29) is 16.4 Å². The summed E-state index contributed by atoms with van der Waals surface area (Å²) in [6.45, 7) is 5.41. The van der Waals surface area contributed by atoms with Gasteiger partial charge in [0.15, 0.2) is 0 Å². The van der Waals surface area contributed by atoms with Crippen molar-refractivity contribution >= 4 is 33.2 Å². The molecule has 0 saturated heterocycles. The molecule has 2 heterocycles. The second-order valence-corrected chi connectivity index (χ2v) is 11.4. The summed E-state index contributed by atoms with van der Waals surface area (Å²) in [4.78, 5) is 14.6. The molecule has 3 unspecified atom stereocenters. The summed E-state index contributed by atoms with van der Waals surface area (Å²) in [5.74, 6) is 0.988. The Labute approximate surface area is 232 Å². The Morgan fingerprint density at radius 2 is 1.85 bits per heavy atom. The van der Waals surface area contributed by atoms with Crippen LogP contribution in [0.3, 0.4) is 0 Å². The number of nitro groups is 1. The van der Waals surface area contributed by atoms with Crippen molar-refractivity contribution < 1.29 is 10.0 Å². The van der Waals surface area contributed by atoms with E-state index in [1.165, 1.54) is 22.4 Å². The van der Waals surface area contributed by atoms with Gasteiger partial charge in [-0.1, -0.05) is 37.3 Å². The third-order valence-electron chi connectivity index (χ3n) is 7.76. The molecule has 6 rings (SSSR count). The van der Waals surface area contributed by atoms with E-state index in [0.717, 1.165) is 39.9 Å². The molecule has 198 valence electrons. The topological polar surface area (TPSA) is 78.6 Å². The molecule has 3 atom stereocenters. The quantitative estimate of drug-likeness (QED) is 0.176. The van der Waals surface area contributed by atoms with Crippen molar-refractivity contribution in [3.05, 3.63) is 112 Å². The molecule has 7 heteroatoms. The van der Waals surface area contributed by atoms with Gasteiger partial charge in [0.05, 0.1) is 16.8 Å². The normalized spacial score (nSPS) is 20.4. The minimum absolute atomic E-state index is 0.111. The molecule has 2 aliphatic rings. The summed E-state index contributed by atoms with van der Waals surface area (Å²) < 4.78 is 0.926. The molecule has 6 nitrogen and oxygen atoms in total. The van der Waals surface area contributed by atoms with Crippen LogP contribution in [0, 0.1) is 10.1 Å². The largest absolute Gasteiger partial charge is 0.508 e. The molecule has 0 spiro atoms. The smallest absolute Gasteiger partial charge is 0.270 e. The van der Waals surface area contributed by atoms with E-state index in [1.54, 1.807) is 35.6 Å². The van der Waals surface area contributed by atoms with Gasteiger partial charge < -0.3 is 15.3 Å². The van der Waals surface area contributed by atoms with Gasteiger partial charge in [-0.2, -0.15) is 0 Å². The van der Waals surface area contributed by atoms with Gasteiger partial charge >= 0.3 is 0 Å². The lowest BCUT2D eigenvalue weighted by atomic mass is 9.98. The highest BCUT2D eigenvalue weighted by atomic mass is 32.1. The number of allylic oxidation sites excluding steroid dienone is 1. The summed E-state index contributed by atoms with van der Waals surface area (Å²) in [6, 6.07) is 21.3. The van der Waals surface area contributed by atoms with Crippen molar-refractivity contribution in [1.82, 2.24) is 10.2 Å². The van der Waals surface area contributed by atoms with Gasteiger partial charge in [0.2, 0.25) is 0 Å². The molecule has 39 heavy (non-hydrogen) atoms. The van der Waals surface area contributed by atoms with Crippen LogP contribution in [0.15, 0.2) is 84.7 Å². The van der Waals surface area contributed by atoms with Crippen LogP contribution in [-0.4, -0.2) is 27.6 Å². The third-order valence-corrected chi connectivity index (χ3v) is 8.98. The average molecular weight is 538 g/mol. The van der Waals surface area contributed by atoms with Crippen LogP contribution in [0.5, 0.6) is 5.75 Å². The summed E-state index contributed by atoms with van der Waals surface area (Å²) in [7, 11) is 0. The van der Waals surface area contributed by atoms with Gasteiger partial charge in [0, 0.05) is 34.5 Å². The van der Waals surface area contributed by atoms with E-state index in [1.807, 2.05) is 18.2 Å². The Kier molecular flexibility index (Phi) is 6.61. The number of phenols is 1. The molecule has 4 aromatic rings. The molecule has 0 radical (unpaired) electrons. The van der Waals surface area contributed by atoms with Crippen LogP contribution in [0.4, 0.5) is 5.69 Å². The fraction of sp³-hybridized carbons (Fsp3) is 0.250. The minimum atomic E-state index is -0.337. The molecule has 1 aliphatic heterocycles. The fourth-order valence-electron chi connectivity index (χ4n) is 5.64. The Morgan fingerprint density at radius 1 is 1.08 bits per heavy atom. The van der Waals surface area contributed by atoms with Gasteiger partial charge in [-0.3, -0.25) is 10.1 Å². The van der Waals surface area contributed by atoms with Crippen molar-refractivity contribution in [2.75, 3.05) is 6.54 Å². The number of hydrogen-bond acceptors (Lipinski definition) is 6. The predicted molar refractivity (Wildman–Crippen MR) is 159 cm³/mol. The zero-order valence-electron chi connectivity index (χ0n) is 22.0. The maximum atomic E-state index is 11.4. The SMILES string of the molecule is CCCN1C(/C=C/c2ccc(C3CC3c3c(-c4ccc(O)cc4)sc4cc([N+](=O)[O-])ccc34)cc2)=CNC1C. The van der Waals surface area contributed by atoms with Crippen LogP contribution >= 0.6 is 11.3 Å². The number of phenolic OH excluding ortho intramolecular Hbond substituents is 1. The summed E-state index contributed by atoms with van der Waals surface area (Å²) >= 11 is 1.60. The molecule has 3 aromatic carbocycles. The molecule has 0 bridgehead atoms. The molecule has 1 aromatic heterocycles. The molecule has 0 amide bonds. The van der Waals surface area contributed by atoms with Gasteiger partial charge in [-0.05, 0) is 95.6 Å². The first-order chi connectivity index (χ1) is 18.9. The highest BCUT2D eigenvalue weighted by Gasteiger charge is 2.42. The maximum absolute atomic E-state index is 11.4. The number of nitro benzene ring substituents is 1. The number of hydrogen-bond donors (Lipinski definition) is 2. The number of nitrogens with zero attached hydrogens (tertiary/aromatic N) is 2. The number of nitrogens with one attached hydrogen (secondary N) is 1. The van der Waals surface area contributed by atoms with Crippen LogP contribution < -0.4 is 5.32 Å². The molecular formula is C32H31N3O3S. The summed E-state index contributed by atoms with van der Waals surface area (Å²) in [6.07, 6.45) is 8.92. The average Bonchev–Trinajstić information content (AvgIpc) is 3.52. The standard InChI is InChI=1S/C32H31N3O3S/c1-3-16-34-20(2)33-19-25(34)11-6-21-4-7-22(8-5-21)28-18-29(28)31-27-15-12-24(35(37)38)17-30(27)39-32(31)23-9-13-26(36)14-10-23/h4-15,17,19-20,28-29,33,36H,3,16,18H2,1-2H3/b11-6+. The Morgan fingerprint density at radius 3 is 2.56 bits per heavy atom. The van der Waals surface area contributed by atoms with Crippen molar-refractivity contribution in [3.63, 3.8) is 0 Å². The zero-order valence-corrected chi connectivity index (χ0v) is 22.8. The first kappa shape index (κ1) is 25.2. The van der Waals surface area contributed by atoms with Crippen molar-refractivity contribution in [2.45, 2.75) is 44.7 Å². The predicted octanol–water partition coefficient (Wildman–Crippen LogP) is 7.97. The van der Waals surface area contributed by atoms with E-state index in [9.17, 15) is 15.2 Å². The van der Waals surface area contributed by atoms with E-state index in [2.05, 4.69) is 66.7 Å². The van der Waals surface area contributed by atoms with Crippen molar-refractivity contribution in [1.29, 1.82) is 0 Å². The maximum Gasteiger partial charge on any atom is 0.270 e. The second kappa shape index (κ2) is 10.2. The fourth-order valence-corrected chi connectivity index (χ4v) is 6.96. The van der Waals surface area contributed by atoms with Crippen LogP contribution in [0.2, 0.25) is 0 Å². The summed E-state index contributed by atoms with van der Waals surface area (Å²) in [5, 5.41) is 25.7. The lowest BCUT2D eigenvalue weighted by Crippen LogP contribution is -2.34. The van der Waals surface area contributed by atoms with Crippen LogP contribution in [-0.2, 0) is 0 Å². The third kappa shape index (κ3) is 4.90. The second-order valence-electron chi connectivity index (χ2n) is 10.4. The van der Waals surface area contributed by atoms with Crippen molar-refractivity contribution in [2.24, 2.45) is 0 Å². The minimum Gasteiger partial charge on any atom is -0.508 e. The number of thiophene rings is 1. The van der Waals surface area contributed by atoms with E-state index >= 15 is 0 Å². The zero-order chi connectivity index (χ0) is 27.1. The van der Waals surface area contributed by atoms with Gasteiger partial charge in [-0.15, -0.1) is 11.3 Å². The highest BCUT2D eigenvalue weighted by molar-refractivity contribution is 7.22. The van der Waals surface area contributed by atoms with Crippen LogP contribution in [0.1, 0.15) is 55.2 Å². The van der Waals surface area contributed by atoms with Gasteiger partial charge in [0.25, 0.3) is 5.69 Å². The Hall–Kier alpha value is -4.10. The number of rotatable bonds is 8. The molecule has 1 saturated carbocycles.